The summed E-state index contributed by atoms with van der Waals surface area (Å²) in [6.07, 6.45) is 0.199. The van der Waals surface area contributed by atoms with E-state index in [2.05, 4.69) is 10.3 Å². The number of nitriles is 1. The van der Waals surface area contributed by atoms with Crippen molar-refractivity contribution in [2.24, 2.45) is 5.73 Å². The standard InChI is InChI=1S/C20H16N4O2/c21-12-14-5-3-4-13(10-14)11-18(19(22)25)24-20(26)17-9-8-15-6-1-2-7-16(15)23-17/h1-10,18H,11H2,(H2,22,25)(H,24,26)/t18-/m0/s1. The number of hydrogen-bond donors (Lipinski definition) is 2. The zero-order chi connectivity index (χ0) is 18.5. The molecule has 3 N–H and O–H groups in total. The Labute approximate surface area is 150 Å². The maximum atomic E-state index is 12.5. The molecule has 0 unspecified atom stereocenters. The van der Waals surface area contributed by atoms with Crippen molar-refractivity contribution in [3.05, 3.63) is 77.5 Å². The number of nitrogens with zero attached hydrogens (tertiary/aromatic N) is 2. The lowest BCUT2D eigenvalue weighted by atomic mass is 10.0. The molecule has 3 rings (SSSR count). The fourth-order valence-corrected chi connectivity index (χ4v) is 2.65. The molecule has 1 aromatic heterocycles. The summed E-state index contributed by atoms with van der Waals surface area (Å²) in [5.74, 6) is -1.13. The van der Waals surface area contributed by atoms with Gasteiger partial charge in [0.15, 0.2) is 0 Å². The summed E-state index contributed by atoms with van der Waals surface area (Å²) in [5, 5.41) is 12.5. The molecule has 3 aromatic rings. The molecule has 0 aliphatic carbocycles. The second kappa shape index (κ2) is 7.45. The van der Waals surface area contributed by atoms with Crippen LogP contribution in [0.1, 0.15) is 21.6 Å². The number of amides is 2. The molecular weight excluding hydrogens is 328 g/mol. The van der Waals surface area contributed by atoms with E-state index >= 15 is 0 Å². The van der Waals surface area contributed by atoms with Gasteiger partial charge in [-0.2, -0.15) is 5.26 Å². The van der Waals surface area contributed by atoms with E-state index < -0.39 is 17.9 Å². The minimum absolute atomic E-state index is 0.199. The Kier molecular flexibility index (Phi) is 4.90. The first-order valence-electron chi connectivity index (χ1n) is 8.02. The minimum atomic E-state index is -0.898. The van der Waals surface area contributed by atoms with Crippen LogP contribution in [-0.4, -0.2) is 22.8 Å². The van der Waals surface area contributed by atoms with Crippen molar-refractivity contribution < 1.29 is 9.59 Å². The summed E-state index contributed by atoms with van der Waals surface area (Å²) in [6, 6.07) is 18.8. The van der Waals surface area contributed by atoms with Gasteiger partial charge in [-0.1, -0.05) is 36.4 Å². The van der Waals surface area contributed by atoms with Crippen molar-refractivity contribution in [1.82, 2.24) is 10.3 Å². The van der Waals surface area contributed by atoms with Crippen LogP contribution in [0.5, 0.6) is 0 Å². The third kappa shape index (κ3) is 3.84. The van der Waals surface area contributed by atoms with Crippen LogP contribution in [0, 0.1) is 11.3 Å². The SMILES string of the molecule is N#Cc1cccc(C[C@H](NC(=O)c2ccc3ccccc3n2)C(N)=O)c1. The largest absolute Gasteiger partial charge is 0.368 e. The zero-order valence-electron chi connectivity index (χ0n) is 13.8. The number of nitrogens with two attached hydrogens (primary N) is 1. The number of nitrogens with one attached hydrogen (secondary N) is 1. The number of pyridine rings is 1. The molecule has 0 saturated carbocycles. The van der Waals surface area contributed by atoms with Gasteiger partial charge in [0.2, 0.25) is 5.91 Å². The highest BCUT2D eigenvalue weighted by Gasteiger charge is 2.20. The van der Waals surface area contributed by atoms with Gasteiger partial charge >= 0.3 is 0 Å². The van der Waals surface area contributed by atoms with E-state index in [4.69, 9.17) is 11.0 Å². The Morgan fingerprint density at radius 2 is 1.92 bits per heavy atom. The molecule has 0 bridgehead atoms. The van der Waals surface area contributed by atoms with Crippen LogP contribution in [-0.2, 0) is 11.2 Å². The lowest BCUT2D eigenvalue weighted by Gasteiger charge is -2.15. The molecule has 26 heavy (non-hydrogen) atoms. The van der Waals surface area contributed by atoms with Crippen LogP contribution in [0.15, 0.2) is 60.7 Å². The van der Waals surface area contributed by atoms with Gasteiger partial charge < -0.3 is 11.1 Å². The van der Waals surface area contributed by atoms with Crippen LogP contribution < -0.4 is 11.1 Å². The number of benzene rings is 2. The Balaban J connectivity index is 1.79. The average Bonchev–Trinajstić information content (AvgIpc) is 2.67. The lowest BCUT2D eigenvalue weighted by Crippen LogP contribution is -2.46. The molecule has 2 amide bonds. The van der Waals surface area contributed by atoms with Gasteiger partial charge in [-0.15, -0.1) is 0 Å². The Morgan fingerprint density at radius 1 is 1.12 bits per heavy atom. The first-order chi connectivity index (χ1) is 12.6. The van der Waals surface area contributed by atoms with E-state index in [-0.39, 0.29) is 12.1 Å². The summed E-state index contributed by atoms with van der Waals surface area (Å²) in [4.78, 5) is 28.6. The smallest absolute Gasteiger partial charge is 0.270 e. The van der Waals surface area contributed by atoms with Crippen molar-refractivity contribution in [2.75, 3.05) is 0 Å². The van der Waals surface area contributed by atoms with E-state index in [1.807, 2.05) is 30.3 Å². The molecule has 0 aliphatic rings. The fourth-order valence-electron chi connectivity index (χ4n) is 2.65. The van der Waals surface area contributed by atoms with Gasteiger partial charge in [-0.3, -0.25) is 9.59 Å². The number of hydrogen-bond acceptors (Lipinski definition) is 4. The molecule has 0 fully saturated rings. The molecule has 128 valence electrons. The van der Waals surface area contributed by atoms with Crippen molar-refractivity contribution in [1.29, 1.82) is 5.26 Å². The number of carbonyl (C=O) groups is 2. The van der Waals surface area contributed by atoms with Gasteiger partial charge in [0, 0.05) is 11.8 Å². The Bertz CT molecular complexity index is 1020. The normalized spacial score (nSPS) is 11.5. The van der Waals surface area contributed by atoms with Gasteiger partial charge in [-0.25, -0.2) is 4.98 Å². The molecular formula is C20H16N4O2. The van der Waals surface area contributed by atoms with E-state index in [1.165, 1.54) is 0 Å². The van der Waals surface area contributed by atoms with Crippen molar-refractivity contribution in [3.8, 4) is 6.07 Å². The van der Waals surface area contributed by atoms with Crippen LogP contribution in [0.4, 0.5) is 0 Å². The Morgan fingerprint density at radius 3 is 2.69 bits per heavy atom. The third-order valence-electron chi connectivity index (χ3n) is 3.98. The molecule has 1 heterocycles. The van der Waals surface area contributed by atoms with Crippen molar-refractivity contribution in [2.45, 2.75) is 12.5 Å². The first kappa shape index (κ1) is 17.1. The quantitative estimate of drug-likeness (QED) is 0.737. The molecule has 6 nitrogen and oxygen atoms in total. The van der Waals surface area contributed by atoms with E-state index in [9.17, 15) is 9.59 Å². The summed E-state index contributed by atoms with van der Waals surface area (Å²) in [6.45, 7) is 0. The minimum Gasteiger partial charge on any atom is -0.368 e. The number of para-hydroxylation sites is 1. The maximum Gasteiger partial charge on any atom is 0.270 e. The maximum absolute atomic E-state index is 12.5. The van der Waals surface area contributed by atoms with Crippen molar-refractivity contribution in [3.63, 3.8) is 0 Å². The predicted molar refractivity (Wildman–Crippen MR) is 97.1 cm³/mol. The second-order valence-corrected chi connectivity index (χ2v) is 5.83. The van der Waals surface area contributed by atoms with Gasteiger partial charge in [-0.05, 0) is 29.8 Å². The molecule has 0 radical (unpaired) electrons. The number of rotatable bonds is 5. The number of aromatic nitrogens is 1. The molecule has 0 saturated heterocycles. The summed E-state index contributed by atoms with van der Waals surface area (Å²) >= 11 is 0. The lowest BCUT2D eigenvalue weighted by molar-refractivity contribution is -0.119. The number of carbonyl (C=O) groups excluding carboxylic acids is 2. The highest BCUT2D eigenvalue weighted by atomic mass is 16.2. The summed E-state index contributed by atoms with van der Waals surface area (Å²) in [7, 11) is 0. The van der Waals surface area contributed by atoms with E-state index in [1.54, 1.807) is 36.4 Å². The molecule has 1 atom stereocenters. The highest BCUT2D eigenvalue weighted by Crippen LogP contribution is 2.12. The second-order valence-electron chi connectivity index (χ2n) is 5.83. The van der Waals surface area contributed by atoms with Crippen LogP contribution in [0.2, 0.25) is 0 Å². The first-order valence-corrected chi connectivity index (χ1v) is 8.02. The molecule has 6 heteroatoms. The van der Waals surface area contributed by atoms with E-state index in [0.29, 0.717) is 11.1 Å². The van der Waals surface area contributed by atoms with Crippen LogP contribution in [0.25, 0.3) is 10.9 Å². The topological polar surface area (TPSA) is 109 Å². The fraction of sp³-hybridized carbons (Fsp3) is 0.100. The molecule has 0 spiro atoms. The Hall–Kier alpha value is -3.72. The van der Waals surface area contributed by atoms with Gasteiger partial charge in [0.25, 0.3) is 5.91 Å². The highest BCUT2D eigenvalue weighted by molar-refractivity contribution is 5.97. The van der Waals surface area contributed by atoms with Gasteiger partial charge in [0.1, 0.15) is 11.7 Å². The summed E-state index contributed by atoms with van der Waals surface area (Å²) in [5.41, 5.74) is 7.55. The molecule has 0 aliphatic heterocycles. The number of fused-ring (bicyclic) bond motifs is 1. The average molecular weight is 344 g/mol. The molecule has 2 aromatic carbocycles. The van der Waals surface area contributed by atoms with Gasteiger partial charge in [0.05, 0.1) is 17.1 Å². The summed E-state index contributed by atoms with van der Waals surface area (Å²) < 4.78 is 0. The van der Waals surface area contributed by atoms with E-state index in [0.717, 1.165) is 10.9 Å². The van der Waals surface area contributed by atoms with Crippen LogP contribution >= 0.6 is 0 Å². The monoisotopic (exact) mass is 344 g/mol. The zero-order valence-corrected chi connectivity index (χ0v) is 13.8. The predicted octanol–water partition coefficient (Wildman–Crippen LogP) is 1.93. The number of primary amides is 1. The van der Waals surface area contributed by atoms with Crippen LogP contribution in [0.3, 0.4) is 0 Å². The van der Waals surface area contributed by atoms with Crippen molar-refractivity contribution >= 4 is 22.7 Å². The third-order valence-corrected chi connectivity index (χ3v) is 3.98.